The normalized spacial score (nSPS) is 24.8. The van der Waals surface area contributed by atoms with Gasteiger partial charge in [0.05, 0.1) is 0 Å². The molecule has 0 spiro atoms. The molecular formula is C10H21N. The standard InChI is InChI=1S/C10H21N/c1-11-9-7-5-3-2-4-6-8-10-11/h2-10H2,1H3. The van der Waals surface area contributed by atoms with Gasteiger partial charge in [-0.2, -0.15) is 0 Å². The summed E-state index contributed by atoms with van der Waals surface area (Å²) in [6, 6.07) is 0. The molecule has 66 valence electrons. The molecule has 1 aliphatic rings. The van der Waals surface area contributed by atoms with Crippen molar-refractivity contribution in [2.24, 2.45) is 0 Å². The summed E-state index contributed by atoms with van der Waals surface area (Å²) in [7, 11) is 2.25. The van der Waals surface area contributed by atoms with Gasteiger partial charge in [-0.3, -0.25) is 0 Å². The lowest BCUT2D eigenvalue weighted by atomic mass is 10.1. The van der Waals surface area contributed by atoms with Crippen molar-refractivity contribution >= 4 is 0 Å². The highest BCUT2D eigenvalue weighted by molar-refractivity contribution is 4.56. The predicted molar refractivity (Wildman–Crippen MR) is 49.8 cm³/mol. The molecule has 0 N–H and O–H groups in total. The van der Waals surface area contributed by atoms with E-state index < -0.39 is 0 Å². The van der Waals surface area contributed by atoms with Crippen LogP contribution in [-0.2, 0) is 0 Å². The zero-order chi connectivity index (χ0) is 7.94. The molecule has 1 fully saturated rings. The maximum Gasteiger partial charge on any atom is -0.00218 e. The van der Waals surface area contributed by atoms with Crippen LogP contribution in [0.5, 0.6) is 0 Å². The van der Waals surface area contributed by atoms with Crippen LogP contribution in [0.2, 0.25) is 0 Å². The fourth-order valence-corrected chi connectivity index (χ4v) is 1.76. The van der Waals surface area contributed by atoms with Crippen molar-refractivity contribution in [3.63, 3.8) is 0 Å². The molecule has 1 heterocycles. The second-order valence-corrected chi connectivity index (χ2v) is 3.78. The van der Waals surface area contributed by atoms with Crippen molar-refractivity contribution < 1.29 is 0 Å². The average molecular weight is 155 g/mol. The van der Waals surface area contributed by atoms with Gasteiger partial charge >= 0.3 is 0 Å². The van der Waals surface area contributed by atoms with Crippen molar-refractivity contribution in [3.05, 3.63) is 0 Å². The zero-order valence-corrected chi connectivity index (χ0v) is 7.81. The summed E-state index contributed by atoms with van der Waals surface area (Å²) in [5.41, 5.74) is 0. The quantitative estimate of drug-likeness (QED) is 0.520. The SMILES string of the molecule is CN1CCCCCCCCC1. The smallest absolute Gasteiger partial charge is 0.00218 e. The summed E-state index contributed by atoms with van der Waals surface area (Å²) < 4.78 is 0. The lowest BCUT2D eigenvalue weighted by Crippen LogP contribution is -2.21. The fourth-order valence-electron chi connectivity index (χ4n) is 1.76. The van der Waals surface area contributed by atoms with Gasteiger partial charge in [-0.05, 0) is 33.0 Å². The monoisotopic (exact) mass is 155 g/mol. The van der Waals surface area contributed by atoms with Gasteiger partial charge in [0.15, 0.2) is 0 Å². The maximum atomic E-state index is 2.48. The molecule has 1 rings (SSSR count). The first-order valence-corrected chi connectivity index (χ1v) is 5.08. The first kappa shape index (κ1) is 9.05. The van der Waals surface area contributed by atoms with E-state index in [4.69, 9.17) is 0 Å². The third kappa shape index (κ3) is 4.41. The largest absolute Gasteiger partial charge is 0.306 e. The predicted octanol–water partition coefficient (Wildman–Crippen LogP) is 2.66. The summed E-state index contributed by atoms with van der Waals surface area (Å²) in [5.74, 6) is 0. The Labute approximate surface area is 70.8 Å². The second-order valence-electron chi connectivity index (χ2n) is 3.78. The van der Waals surface area contributed by atoms with Crippen molar-refractivity contribution in [1.82, 2.24) is 4.90 Å². The van der Waals surface area contributed by atoms with Crippen LogP contribution in [0.15, 0.2) is 0 Å². The van der Waals surface area contributed by atoms with Gasteiger partial charge < -0.3 is 4.90 Å². The molecule has 1 nitrogen and oxygen atoms in total. The number of hydrogen-bond donors (Lipinski definition) is 0. The molecule has 0 amide bonds. The van der Waals surface area contributed by atoms with E-state index >= 15 is 0 Å². The Morgan fingerprint density at radius 3 is 1.45 bits per heavy atom. The topological polar surface area (TPSA) is 3.24 Å². The fraction of sp³-hybridized carbons (Fsp3) is 1.00. The first-order chi connectivity index (χ1) is 5.39. The van der Waals surface area contributed by atoms with E-state index in [0.29, 0.717) is 0 Å². The summed E-state index contributed by atoms with van der Waals surface area (Å²) in [6.45, 7) is 2.64. The van der Waals surface area contributed by atoms with Crippen LogP contribution in [-0.4, -0.2) is 25.0 Å². The van der Waals surface area contributed by atoms with Gasteiger partial charge in [0.2, 0.25) is 0 Å². The van der Waals surface area contributed by atoms with Crippen LogP contribution < -0.4 is 0 Å². The molecule has 0 radical (unpaired) electrons. The molecule has 0 saturated carbocycles. The summed E-state index contributed by atoms with van der Waals surface area (Å²) in [6.07, 6.45) is 10.1. The van der Waals surface area contributed by atoms with Crippen LogP contribution in [0.4, 0.5) is 0 Å². The van der Waals surface area contributed by atoms with Gasteiger partial charge in [-0.25, -0.2) is 0 Å². The molecule has 0 aromatic heterocycles. The molecule has 1 aliphatic heterocycles. The van der Waals surface area contributed by atoms with E-state index in [1.165, 1.54) is 58.0 Å². The van der Waals surface area contributed by atoms with Crippen molar-refractivity contribution in [1.29, 1.82) is 0 Å². The minimum absolute atomic E-state index is 1.32. The average Bonchev–Trinajstić information content (AvgIpc) is 2.03. The number of rotatable bonds is 0. The van der Waals surface area contributed by atoms with Crippen molar-refractivity contribution in [2.75, 3.05) is 20.1 Å². The van der Waals surface area contributed by atoms with Crippen molar-refractivity contribution in [2.45, 2.75) is 44.9 Å². The number of hydrogen-bond acceptors (Lipinski definition) is 1. The molecular weight excluding hydrogens is 134 g/mol. The summed E-state index contributed by atoms with van der Waals surface area (Å²) in [4.78, 5) is 2.48. The van der Waals surface area contributed by atoms with Crippen LogP contribution in [0.1, 0.15) is 44.9 Å². The van der Waals surface area contributed by atoms with Crippen LogP contribution in [0.3, 0.4) is 0 Å². The minimum Gasteiger partial charge on any atom is -0.306 e. The summed E-state index contributed by atoms with van der Waals surface area (Å²) >= 11 is 0. The van der Waals surface area contributed by atoms with Gasteiger partial charge in [0, 0.05) is 0 Å². The third-order valence-electron chi connectivity index (χ3n) is 2.58. The summed E-state index contributed by atoms with van der Waals surface area (Å²) in [5, 5.41) is 0. The zero-order valence-electron chi connectivity index (χ0n) is 7.81. The Morgan fingerprint density at radius 2 is 1.00 bits per heavy atom. The van der Waals surface area contributed by atoms with Gasteiger partial charge in [0.1, 0.15) is 0 Å². The van der Waals surface area contributed by atoms with E-state index in [-0.39, 0.29) is 0 Å². The highest BCUT2D eigenvalue weighted by Crippen LogP contribution is 2.10. The highest BCUT2D eigenvalue weighted by Gasteiger charge is 2.00. The van der Waals surface area contributed by atoms with Crippen molar-refractivity contribution in [3.8, 4) is 0 Å². The highest BCUT2D eigenvalue weighted by atomic mass is 15.1. The maximum absolute atomic E-state index is 2.48. The van der Waals surface area contributed by atoms with E-state index in [0.717, 1.165) is 0 Å². The van der Waals surface area contributed by atoms with E-state index in [1.807, 2.05) is 0 Å². The molecule has 11 heavy (non-hydrogen) atoms. The Hall–Kier alpha value is -0.0400. The lowest BCUT2D eigenvalue weighted by molar-refractivity contribution is 0.307. The molecule has 0 unspecified atom stereocenters. The molecule has 1 heteroatoms. The molecule has 0 atom stereocenters. The second kappa shape index (κ2) is 5.59. The Bertz CT molecular complexity index is 80.9. The van der Waals surface area contributed by atoms with Gasteiger partial charge in [-0.1, -0.05) is 32.1 Å². The van der Waals surface area contributed by atoms with Gasteiger partial charge in [0.25, 0.3) is 0 Å². The molecule has 0 aliphatic carbocycles. The Balaban J connectivity index is 2.12. The molecule has 0 aromatic rings. The van der Waals surface area contributed by atoms with Gasteiger partial charge in [-0.15, -0.1) is 0 Å². The van der Waals surface area contributed by atoms with E-state index in [1.54, 1.807) is 0 Å². The molecule has 1 saturated heterocycles. The third-order valence-corrected chi connectivity index (χ3v) is 2.58. The minimum atomic E-state index is 1.32. The van der Waals surface area contributed by atoms with E-state index in [9.17, 15) is 0 Å². The first-order valence-electron chi connectivity index (χ1n) is 5.08. The molecule has 0 bridgehead atoms. The van der Waals surface area contributed by atoms with E-state index in [2.05, 4.69) is 11.9 Å². The van der Waals surface area contributed by atoms with Crippen LogP contribution in [0.25, 0.3) is 0 Å². The molecule has 0 aromatic carbocycles. The van der Waals surface area contributed by atoms with Crippen LogP contribution in [0, 0.1) is 0 Å². The Kier molecular flexibility index (Phi) is 4.60. The number of nitrogens with zero attached hydrogens (tertiary/aromatic N) is 1. The lowest BCUT2D eigenvalue weighted by Gasteiger charge is -2.17. The van der Waals surface area contributed by atoms with Crippen LogP contribution >= 0.6 is 0 Å². The Morgan fingerprint density at radius 1 is 0.636 bits per heavy atom.